The van der Waals surface area contributed by atoms with Crippen LogP contribution in [0.3, 0.4) is 0 Å². The number of nitrogens with zero attached hydrogens (tertiary/aromatic N) is 1. The number of furan rings is 1. The molecule has 0 aliphatic carbocycles. The Balaban J connectivity index is 1.41. The summed E-state index contributed by atoms with van der Waals surface area (Å²) in [4.78, 5) is 15.6. The molecule has 2 aromatic carbocycles. The van der Waals surface area contributed by atoms with Crippen LogP contribution in [0.1, 0.15) is 11.3 Å². The second kappa shape index (κ2) is 8.73. The number of hydrogen-bond donors (Lipinski definition) is 2. The molecular formula is C24H18ClN3O2. The summed E-state index contributed by atoms with van der Waals surface area (Å²) >= 11 is 6.02. The molecule has 2 aromatic heterocycles. The highest BCUT2D eigenvalue weighted by Gasteiger charge is 2.11. The number of aromatic amines is 1. The molecule has 0 bridgehead atoms. The number of nitriles is 1. The van der Waals surface area contributed by atoms with E-state index >= 15 is 0 Å². The summed E-state index contributed by atoms with van der Waals surface area (Å²) in [5.41, 5.74) is 2.99. The number of carbonyl (C=O) groups is 1. The number of carbonyl (C=O) groups excluding carboxylic acids is 1. The lowest BCUT2D eigenvalue weighted by Crippen LogP contribution is -2.26. The van der Waals surface area contributed by atoms with Gasteiger partial charge in [-0.15, -0.1) is 0 Å². The molecule has 1 amide bonds. The van der Waals surface area contributed by atoms with Gasteiger partial charge < -0.3 is 14.7 Å². The lowest BCUT2D eigenvalue weighted by molar-refractivity contribution is -0.117. The van der Waals surface area contributed by atoms with E-state index in [1.165, 1.54) is 6.08 Å². The van der Waals surface area contributed by atoms with E-state index in [1.54, 1.807) is 24.3 Å². The van der Waals surface area contributed by atoms with E-state index in [4.69, 9.17) is 16.0 Å². The number of nitrogens with one attached hydrogen (secondary N) is 2. The van der Waals surface area contributed by atoms with Crippen molar-refractivity contribution in [2.75, 3.05) is 6.54 Å². The summed E-state index contributed by atoms with van der Waals surface area (Å²) in [6.45, 7) is 0.422. The number of fused-ring (bicyclic) bond motifs is 1. The molecule has 0 radical (unpaired) electrons. The maximum absolute atomic E-state index is 12.4. The van der Waals surface area contributed by atoms with E-state index in [1.807, 2.05) is 48.7 Å². The van der Waals surface area contributed by atoms with E-state index in [0.717, 1.165) is 22.0 Å². The Hall–Kier alpha value is -3.75. The minimum absolute atomic E-state index is 0.0130. The minimum atomic E-state index is -0.432. The Bertz CT molecular complexity index is 1280. The zero-order valence-electron chi connectivity index (χ0n) is 16.0. The number of para-hydroxylation sites is 1. The van der Waals surface area contributed by atoms with Crippen LogP contribution in [0, 0.1) is 11.3 Å². The van der Waals surface area contributed by atoms with Crippen molar-refractivity contribution in [3.63, 3.8) is 0 Å². The molecular weight excluding hydrogens is 398 g/mol. The van der Waals surface area contributed by atoms with E-state index in [-0.39, 0.29) is 5.57 Å². The molecule has 0 saturated carbocycles. The van der Waals surface area contributed by atoms with Crippen LogP contribution in [0.25, 0.3) is 28.3 Å². The van der Waals surface area contributed by atoms with Crippen molar-refractivity contribution in [3.05, 3.63) is 88.8 Å². The van der Waals surface area contributed by atoms with E-state index in [9.17, 15) is 10.1 Å². The van der Waals surface area contributed by atoms with Crippen molar-refractivity contribution < 1.29 is 9.21 Å². The lowest BCUT2D eigenvalue weighted by Gasteiger charge is -2.03. The predicted octanol–water partition coefficient (Wildman–Crippen LogP) is 5.35. The fourth-order valence-electron chi connectivity index (χ4n) is 3.26. The molecule has 0 fully saturated rings. The summed E-state index contributed by atoms with van der Waals surface area (Å²) < 4.78 is 5.75. The Morgan fingerprint density at radius 1 is 1.17 bits per heavy atom. The van der Waals surface area contributed by atoms with Gasteiger partial charge >= 0.3 is 0 Å². The molecule has 4 rings (SSSR count). The van der Waals surface area contributed by atoms with Gasteiger partial charge in [0.25, 0.3) is 5.91 Å². The van der Waals surface area contributed by atoms with E-state index < -0.39 is 5.91 Å². The van der Waals surface area contributed by atoms with Crippen LogP contribution in [0.4, 0.5) is 0 Å². The molecule has 30 heavy (non-hydrogen) atoms. The maximum Gasteiger partial charge on any atom is 0.262 e. The maximum atomic E-state index is 12.4. The summed E-state index contributed by atoms with van der Waals surface area (Å²) in [5, 5.41) is 13.9. The van der Waals surface area contributed by atoms with Gasteiger partial charge in [0, 0.05) is 40.3 Å². The van der Waals surface area contributed by atoms with Gasteiger partial charge in [-0.2, -0.15) is 5.26 Å². The van der Waals surface area contributed by atoms with Gasteiger partial charge in [0.2, 0.25) is 0 Å². The van der Waals surface area contributed by atoms with Crippen molar-refractivity contribution in [3.8, 4) is 17.4 Å². The van der Waals surface area contributed by atoms with Crippen molar-refractivity contribution >= 4 is 34.5 Å². The van der Waals surface area contributed by atoms with Crippen LogP contribution in [0.15, 0.2) is 76.9 Å². The first-order chi connectivity index (χ1) is 14.6. The third-order valence-corrected chi connectivity index (χ3v) is 4.98. The lowest BCUT2D eigenvalue weighted by atomic mass is 10.1. The molecule has 0 atom stereocenters. The number of benzene rings is 2. The summed E-state index contributed by atoms with van der Waals surface area (Å²) in [7, 11) is 0. The summed E-state index contributed by atoms with van der Waals surface area (Å²) in [6.07, 6.45) is 4.04. The molecule has 0 saturated heterocycles. The van der Waals surface area contributed by atoms with Crippen LogP contribution in [0.5, 0.6) is 0 Å². The Kier molecular flexibility index (Phi) is 5.69. The van der Waals surface area contributed by atoms with Crippen LogP contribution in [0.2, 0.25) is 5.02 Å². The van der Waals surface area contributed by atoms with E-state index in [2.05, 4.69) is 10.3 Å². The minimum Gasteiger partial charge on any atom is -0.457 e. The average Bonchev–Trinajstić information content (AvgIpc) is 3.39. The van der Waals surface area contributed by atoms with Gasteiger partial charge in [0.05, 0.1) is 0 Å². The standard InChI is InChI=1S/C24H18ClN3O2/c25-19-5-3-4-16(12-19)23-9-8-20(30-23)13-18(14-26)24(29)27-11-10-17-15-28-22-7-2-1-6-21(17)22/h1-9,12-13,15,28H,10-11H2,(H,27,29)/b18-13-. The zero-order valence-corrected chi connectivity index (χ0v) is 16.7. The van der Waals surface area contributed by atoms with Crippen LogP contribution >= 0.6 is 11.6 Å². The summed E-state index contributed by atoms with van der Waals surface area (Å²) in [6, 6.07) is 20.7. The van der Waals surface area contributed by atoms with Gasteiger partial charge in [-0.3, -0.25) is 4.79 Å². The smallest absolute Gasteiger partial charge is 0.262 e. The highest BCUT2D eigenvalue weighted by Crippen LogP contribution is 2.25. The first-order valence-electron chi connectivity index (χ1n) is 9.45. The van der Waals surface area contributed by atoms with Gasteiger partial charge in [0.1, 0.15) is 23.2 Å². The first-order valence-corrected chi connectivity index (χ1v) is 9.82. The molecule has 148 valence electrons. The van der Waals surface area contributed by atoms with Gasteiger partial charge in [-0.05, 0) is 42.3 Å². The van der Waals surface area contributed by atoms with Crippen molar-refractivity contribution in [2.24, 2.45) is 0 Å². The Morgan fingerprint density at radius 2 is 2.03 bits per heavy atom. The second-order valence-electron chi connectivity index (χ2n) is 6.75. The van der Waals surface area contributed by atoms with Crippen LogP contribution in [-0.4, -0.2) is 17.4 Å². The highest BCUT2D eigenvalue weighted by molar-refractivity contribution is 6.30. The molecule has 2 heterocycles. The molecule has 0 spiro atoms. The molecule has 0 aliphatic rings. The number of amides is 1. The highest BCUT2D eigenvalue weighted by atomic mass is 35.5. The average molecular weight is 416 g/mol. The number of H-pyrrole nitrogens is 1. The van der Waals surface area contributed by atoms with Gasteiger partial charge in [0.15, 0.2) is 0 Å². The third kappa shape index (κ3) is 4.29. The van der Waals surface area contributed by atoms with Crippen molar-refractivity contribution in [1.82, 2.24) is 10.3 Å². The van der Waals surface area contributed by atoms with Crippen LogP contribution < -0.4 is 5.32 Å². The number of halogens is 1. The molecule has 4 aromatic rings. The van der Waals surface area contributed by atoms with Crippen LogP contribution in [-0.2, 0) is 11.2 Å². The van der Waals surface area contributed by atoms with Crippen molar-refractivity contribution in [2.45, 2.75) is 6.42 Å². The third-order valence-electron chi connectivity index (χ3n) is 4.74. The molecule has 0 unspecified atom stereocenters. The number of hydrogen-bond acceptors (Lipinski definition) is 3. The second-order valence-corrected chi connectivity index (χ2v) is 7.18. The van der Waals surface area contributed by atoms with Gasteiger partial charge in [-0.25, -0.2) is 0 Å². The number of rotatable bonds is 6. The van der Waals surface area contributed by atoms with Crippen molar-refractivity contribution in [1.29, 1.82) is 5.26 Å². The topological polar surface area (TPSA) is 81.8 Å². The SMILES string of the molecule is N#C/C(=C/c1ccc(-c2cccc(Cl)c2)o1)C(=O)NCCc1c[nH]c2ccccc12. The predicted molar refractivity (Wildman–Crippen MR) is 118 cm³/mol. The summed E-state index contributed by atoms with van der Waals surface area (Å²) in [5.74, 6) is 0.604. The molecule has 2 N–H and O–H groups in total. The van der Waals surface area contributed by atoms with E-state index in [0.29, 0.717) is 29.5 Å². The number of aromatic nitrogens is 1. The Labute approximate surface area is 178 Å². The molecule has 6 heteroatoms. The first kappa shape index (κ1) is 19.6. The monoisotopic (exact) mass is 415 g/mol. The zero-order chi connectivity index (χ0) is 20.9. The Morgan fingerprint density at radius 3 is 2.87 bits per heavy atom. The largest absolute Gasteiger partial charge is 0.457 e. The quantitative estimate of drug-likeness (QED) is 0.329. The normalized spacial score (nSPS) is 11.4. The molecule has 0 aliphatic heterocycles. The molecule has 5 nitrogen and oxygen atoms in total. The fourth-order valence-corrected chi connectivity index (χ4v) is 3.45. The fraction of sp³-hybridized carbons (Fsp3) is 0.0833. The van der Waals surface area contributed by atoms with Gasteiger partial charge in [-0.1, -0.05) is 41.9 Å².